The van der Waals surface area contributed by atoms with Crippen LogP contribution in [0.5, 0.6) is 0 Å². The predicted molar refractivity (Wildman–Crippen MR) is 54.3 cm³/mol. The van der Waals surface area contributed by atoms with Crippen LogP contribution in [0.1, 0.15) is 5.56 Å². The van der Waals surface area contributed by atoms with Gasteiger partial charge in [-0.25, -0.2) is 0 Å². The van der Waals surface area contributed by atoms with Crippen molar-refractivity contribution in [2.75, 3.05) is 6.54 Å². The third-order valence-electron chi connectivity index (χ3n) is 1.40. The first-order valence-corrected chi connectivity index (χ1v) is 4.87. The van der Waals surface area contributed by atoms with Crippen molar-refractivity contribution in [1.82, 2.24) is 0 Å². The number of rotatable bonds is 1. The van der Waals surface area contributed by atoms with Gasteiger partial charge in [0.2, 0.25) is 0 Å². The van der Waals surface area contributed by atoms with Crippen LogP contribution >= 0.6 is 11.8 Å². The summed E-state index contributed by atoms with van der Waals surface area (Å²) in [5.74, 6) is 5.26. The number of thioether (sulfide) groups is 1. The van der Waals surface area contributed by atoms with Gasteiger partial charge in [0.1, 0.15) is 0 Å². The smallest absolute Gasteiger partial charge is 0.320 e. The van der Waals surface area contributed by atoms with Crippen LogP contribution in [0.25, 0.3) is 0 Å². The Hall–Kier alpha value is -1.12. The van der Waals surface area contributed by atoms with Crippen molar-refractivity contribution in [3.05, 3.63) is 29.8 Å². The van der Waals surface area contributed by atoms with Gasteiger partial charge in [-0.2, -0.15) is 13.2 Å². The minimum atomic E-state index is -4.26. The lowest BCUT2D eigenvalue weighted by Crippen LogP contribution is -1.99. The van der Waals surface area contributed by atoms with Crippen LogP contribution in [0.2, 0.25) is 0 Å². The number of hydrogen-bond donors (Lipinski definition) is 1. The van der Waals surface area contributed by atoms with Crippen molar-refractivity contribution in [2.24, 2.45) is 5.73 Å². The molecule has 15 heavy (non-hydrogen) atoms. The van der Waals surface area contributed by atoms with E-state index in [4.69, 9.17) is 5.73 Å². The first-order valence-electron chi connectivity index (χ1n) is 4.06. The van der Waals surface area contributed by atoms with E-state index in [1.807, 2.05) is 0 Å². The van der Waals surface area contributed by atoms with Gasteiger partial charge in [0, 0.05) is 10.5 Å². The summed E-state index contributed by atoms with van der Waals surface area (Å²) in [6.07, 6.45) is 0. The number of halogens is 3. The quantitative estimate of drug-likeness (QED) is 0.594. The van der Waals surface area contributed by atoms with E-state index in [9.17, 15) is 13.2 Å². The first-order chi connectivity index (χ1) is 7.01. The maximum atomic E-state index is 12.0. The summed E-state index contributed by atoms with van der Waals surface area (Å²) in [4.78, 5) is 0.131. The standard InChI is InChI=1S/C10H8F3NS/c11-10(12,13)15-9-5-1-3-8(7-9)4-2-6-14/h1,3,5,7H,6,14H2. The van der Waals surface area contributed by atoms with Gasteiger partial charge in [-0.05, 0) is 30.0 Å². The maximum absolute atomic E-state index is 12.0. The van der Waals surface area contributed by atoms with Gasteiger partial charge >= 0.3 is 5.51 Å². The number of hydrogen-bond acceptors (Lipinski definition) is 2. The minimum absolute atomic E-state index is 0.131. The van der Waals surface area contributed by atoms with E-state index in [2.05, 4.69) is 11.8 Å². The van der Waals surface area contributed by atoms with Crippen LogP contribution in [0.3, 0.4) is 0 Å². The van der Waals surface area contributed by atoms with E-state index in [1.54, 1.807) is 6.07 Å². The molecular weight excluding hydrogens is 223 g/mol. The molecule has 0 saturated heterocycles. The van der Waals surface area contributed by atoms with E-state index < -0.39 is 5.51 Å². The number of alkyl halides is 3. The van der Waals surface area contributed by atoms with Crippen molar-refractivity contribution in [2.45, 2.75) is 10.4 Å². The Balaban J connectivity index is 2.83. The van der Waals surface area contributed by atoms with E-state index in [0.29, 0.717) is 5.56 Å². The Morgan fingerprint density at radius 3 is 2.67 bits per heavy atom. The Labute approximate surface area is 89.9 Å². The highest BCUT2D eigenvalue weighted by Crippen LogP contribution is 2.36. The highest BCUT2D eigenvalue weighted by molar-refractivity contribution is 8.00. The van der Waals surface area contributed by atoms with Crippen LogP contribution in [0.15, 0.2) is 29.2 Å². The Morgan fingerprint density at radius 1 is 1.33 bits per heavy atom. The van der Waals surface area contributed by atoms with Crippen molar-refractivity contribution < 1.29 is 13.2 Å². The Morgan fingerprint density at radius 2 is 2.07 bits per heavy atom. The molecule has 0 aliphatic heterocycles. The average Bonchev–Trinajstić information content (AvgIpc) is 2.12. The van der Waals surface area contributed by atoms with Gasteiger partial charge in [-0.3, -0.25) is 0 Å². The molecule has 2 N–H and O–H groups in total. The van der Waals surface area contributed by atoms with E-state index in [1.165, 1.54) is 18.2 Å². The molecule has 0 radical (unpaired) electrons. The third-order valence-corrected chi connectivity index (χ3v) is 2.12. The fraction of sp³-hybridized carbons (Fsp3) is 0.200. The summed E-state index contributed by atoms with van der Waals surface area (Å²) in [6, 6.07) is 5.96. The summed E-state index contributed by atoms with van der Waals surface area (Å²) in [5.41, 5.74) is 1.43. The molecule has 0 bridgehead atoms. The summed E-state index contributed by atoms with van der Waals surface area (Å²) in [6.45, 7) is 0.191. The van der Waals surface area contributed by atoms with E-state index in [-0.39, 0.29) is 23.2 Å². The summed E-state index contributed by atoms with van der Waals surface area (Å²) in [7, 11) is 0. The average molecular weight is 231 g/mol. The first kappa shape index (κ1) is 12.0. The molecule has 0 aliphatic rings. The lowest BCUT2D eigenvalue weighted by molar-refractivity contribution is -0.0328. The lowest BCUT2D eigenvalue weighted by Gasteiger charge is -2.04. The Bertz CT molecular complexity index is 390. The zero-order valence-electron chi connectivity index (χ0n) is 7.64. The highest BCUT2D eigenvalue weighted by Gasteiger charge is 2.29. The zero-order chi connectivity index (χ0) is 11.3. The highest BCUT2D eigenvalue weighted by atomic mass is 32.2. The van der Waals surface area contributed by atoms with Crippen LogP contribution in [-0.4, -0.2) is 12.1 Å². The number of nitrogens with two attached hydrogens (primary N) is 1. The van der Waals surface area contributed by atoms with Crippen LogP contribution < -0.4 is 5.73 Å². The second-order valence-electron chi connectivity index (χ2n) is 2.58. The van der Waals surface area contributed by atoms with Gasteiger partial charge in [0.15, 0.2) is 0 Å². The molecule has 1 nitrogen and oxygen atoms in total. The molecule has 0 unspecified atom stereocenters. The molecule has 0 heterocycles. The number of benzene rings is 1. The summed E-state index contributed by atoms with van der Waals surface area (Å²) in [5, 5.41) is 0. The molecule has 0 aliphatic carbocycles. The van der Waals surface area contributed by atoms with E-state index >= 15 is 0 Å². The monoisotopic (exact) mass is 231 g/mol. The molecule has 0 aromatic heterocycles. The van der Waals surface area contributed by atoms with Gasteiger partial charge in [-0.1, -0.05) is 17.9 Å². The molecule has 0 atom stereocenters. The summed E-state index contributed by atoms with van der Waals surface area (Å²) < 4.78 is 36.1. The SMILES string of the molecule is NCC#Cc1cccc(SC(F)(F)F)c1. The van der Waals surface area contributed by atoms with Gasteiger partial charge < -0.3 is 5.73 Å². The van der Waals surface area contributed by atoms with Crippen molar-refractivity contribution in [3.63, 3.8) is 0 Å². The predicted octanol–water partition coefficient (Wildman–Crippen LogP) is 2.61. The molecule has 0 fully saturated rings. The molecule has 5 heteroatoms. The Kier molecular flexibility index (Phi) is 4.06. The van der Waals surface area contributed by atoms with Crippen molar-refractivity contribution in [3.8, 4) is 11.8 Å². The zero-order valence-corrected chi connectivity index (χ0v) is 8.45. The molecule has 1 aromatic rings. The molecule has 0 amide bonds. The topological polar surface area (TPSA) is 26.0 Å². The lowest BCUT2D eigenvalue weighted by atomic mass is 10.2. The van der Waals surface area contributed by atoms with Gasteiger partial charge in [-0.15, -0.1) is 0 Å². The molecule has 1 rings (SSSR count). The van der Waals surface area contributed by atoms with Crippen LogP contribution in [0, 0.1) is 11.8 Å². The van der Waals surface area contributed by atoms with Crippen LogP contribution in [0.4, 0.5) is 13.2 Å². The molecule has 0 saturated carbocycles. The normalized spacial score (nSPS) is 10.7. The van der Waals surface area contributed by atoms with Crippen molar-refractivity contribution in [1.29, 1.82) is 0 Å². The van der Waals surface area contributed by atoms with Gasteiger partial charge in [0.05, 0.1) is 6.54 Å². The molecule has 1 aromatic carbocycles. The largest absolute Gasteiger partial charge is 0.446 e. The molecule has 80 valence electrons. The maximum Gasteiger partial charge on any atom is 0.446 e. The van der Waals surface area contributed by atoms with E-state index in [0.717, 1.165) is 0 Å². The second-order valence-corrected chi connectivity index (χ2v) is 3.72. The van der Waals surface area contributed by atoms with Gasteiger partial charge in [0.25, 0.3) is 0 Å². The fourth-order valence-corrected chi connectivity index (χ4v) is 1.52. The van der Waals surface area contributed by atoms with Crippen LogP contribution in [-0.2, 0) is 0 Å². The molecular formula is C10H8F3NS. The third kappa shape index (κ3) is 4.77. The summed E-state index contributed by atoms with van der Waals surface area (Å²) >= 11 is -0.151. The van der Waals surface area contributed by atoms with Crippen molar-refractivity contribution >= 4 is 11.8 Å². The minimum Gasteiger partial charge on any atom is -0.320 e. The fourth-order valence-electron chi connectivity index (χ4n) is 0.924. The second kappa shape index (κ2) is 5.10. The molecule has 0 spiro atoms.